The highest BCUT2D eigenvalue weighted by atomic mass is 35.5. The standard InChI is InChI=1S/C17H18Cl2N4OS/c18-14-3-2-13(10-15(14)19)11-25-12-16(24)22-6-8-23(9-7-22)17-20-4-1-5-21-17/h1-5,10H,6-9,11-12H2. The number of rotatable bonds is 5. The SMILES string of the molecule is O=C(CSCc1ccc(Cl)c(Cl)c1)N1CCN(c2ncccn2)CC1. The smallest absolute Gasteiger partial charge is 0.232 e. The Morgan fingerprint density at radius 1 is 1.08 bits per heavy atom. The van der Waals surface area contributed by atoms with Crippen LogP contribution in [0.2, 0.25) is 10.0 Å². The van der Waals surface area contributed by atoms with E-state index in [2.05, 4.69) is 14.9 Å². The van der Waals surface area contributed by atoms with Crippen LogP contribution in [0.15, 0.2) is 36.7 Å². The molecule has 1 aliphatic rings. The minimum atomic E-state index is 0.165. The number of nitrogens with zero attached hydrogens (tertiary/aromatic N) is 4. The van der Waals surface area contributed by atoms with Crippen molar-refractivity contribution >= 4 is 46.8 Å². The van der Waals surface area contributed by atoms with Gasteiger partial charge in [0.15, 0.2) is 0 Å². The number of hydrogen-bond donors (Lipinski definition) is 0. The predicted molar refractivity (Wildman–Crippen MR) is 103 cm³/mol. The Balaban J connectivity index is 1.43. The van der Waals surface area contributed by atoms with E-state index in [0.717, 1.165) is 30.4 Å². The fraction of sp³-hybridized carbons (Fsp3) is 0.353. The molecule has 0 N–H and O–H groups in total. The van der Waals surface area contributed by atoms with Crippen molar-refractivity contribution in [2.24, 2.45) is 0 Å². The number of carbonyl (C=O) groups excluding carboxylic acids is 1. The van der Waals surface area contributed by atoms with Gasteiger partial charge in [-0.3, -0.25) is 4.79 Å². The zero-order valence-electron chi connectivity index (χ0n) is 13.6. The van der Waals surface area contributed by atoms with Crippen LogP contribution in [0.5, 0.6) is 0 Å². The van der Waals surface area contributed by atoms with Crippen LogP contribution >= 0.6 is 35.0 Å². The molecule has 0 saturated carbocycles. The lowest BCUT2D eigenvalue weighted by atomic mass is 10.2. The Hall–Kier alpha value is -1.50. The van der Waals surface area contributed by atoms with Gasteiger partial charge in [-0.15, -0.1) is 11.8 Å². The van der Waals surface area contributed by atoms with E-state index in [0.29, 0.717) is 28.9 Å². The van der Waals surface area contributed by atoms with Gasteiger partial charge in [0, 0.05) is 44.3 Å². The number of hydrogen-bond acceptors (Lipinski definition) is 5. The lowest BCUT2D eigenvalue weighted by Gasteiger charge is -2.34. The molecule has 1 aliphatic heterocycles. The molecule has 0 atom stereocenters. The van der Waals surface area contributed by atoms with Gasteiger partial charge in [0.2, 0.25) is 11.9 Å². The van der Waals surface area contributed by atoms with Crippen LogP contribution in [0.3, 0.4) is 0 Å². The molecule has 1 aromatic heterocycles. The molecule has 0 radical (unpaired) electrons. The van der Waals surface area contributed by atoms with Crippen molar-refractivity contribution < 1.29 is 4.79 Å². The van der Waals surface area contributed by atoms with Crippen molar-refractivity contribution in [2.45, 2.75) is 5.75 Å². The molecule has 3 rings (SSSR count). The molecule has 8 heteroatoms. The maximum atomic E-state index is 12.4. The Morgan fingerprint density at radius 3 is 2.48 bits per heavy atom. The molecule has 0 spiro atoms. The average Bonchev–Trinajstić information content (AvgIpc) is 2.65. The number of thioether (sulfide) groups is 1. The monoisotopic (exact) mass is 396 g/mol. The topological polar surface area (TPSA) is 49.3 Å². The first-order valence-corrected chi connectivity index (χ1v) is 9.86. The van der Waals surface area contributed by atoms with E-state index in [1.54, 1.807) is 36.3 Å². The maximum Gasteiger partial charge on any atom is 0.232 e. The van der Waals surface area contributed by atoms with E-state index in [1.807, 2.05) is 17.0 Å². The van der Waals surface area contributed by atoms with Gasteiger partial charge in [-0.1, -0.05) is 29.3 Å². The third-order valence-corrected chi connectivity index (χ3v) is 5.67. The molecule has 2 heterocycles. The fourth-order valence-corrected chi connectivity index (χ4v) is 3.78. The molecular weight excluding hydrogens is 379 g/mol. The molecule has 5 nitrogen and oxygen atoms in total. The van der Waals surface area contributed by atoms with Gasteiger partial charge in [-0.2, -0.15) is 0 Å². The lowest BCUT2D eigenvalue weighted by molar-refractivity contribution is -0.128. The molecule has 2 aromatic rings. The van der Waals surface area contributed by atoms with E-state index in [4.69, 9.17) is 23.2 Å². The second-order valence-corrected chi connectivity index (χ2v) is 7.46. The summed E-state index contributed by atoms with van der Waals surface area (Å²) in [5.74, 6) is 2.09. The Kier molecular flexibility index (Phi) is 6.39. The fourth-order valence-electron chi connectivity index (χ4n) is 2.59. The zero-order valence-corrected chi connectivity index (χ0v) is 15.9. The predicted octanol–water partition coefficient (Wildman–Crippen LogP) is 3.37. The molecule has 1 aromatic carbocycles. The highest BCUT2D eigenvalue weighted by molar-refractivity contribution is 7.99. The number of aromatic nitrogens is 2. The van der Waals surface area contributed by atoms with Crippen LogP contribution in [0.4, 0.5) is 5.95 Å². The lowest BCUT2D eigenvalue weighted by Crippen LogP contribution is -2.49. The van der Waals surface area contributed by atoms with Crippen LogP contribution < -0.4 is 4.90 Å². The number of halogens is 2. The first kappa shape index (κ1) is 18.3. The van der Waals surface area contributed by atoms with Gasteiger partial charge in [0.1, 0.15) is 0 Å². The van der Waals surface area contributed by atoms with Gasteiger partial charge in [0.25, 0.3) is 0 Å². The van der Waals surface area contributed by atoms with E-state index in [1.165, 1.54) is 0 Å². The van der Waals surface area contributed by atoms with Gasteiger partial charge in [-0.05, 0) is 23.8 Å². The molecule has 132 valence electrons. The molecule has 0 aliphatic carbocycles. The van der Waals surface area contributed by atoms with Gasteiger partial charge in [0.05, 0.1) is 15.8 Å². The van der Waals surface area contributed by atoms with Gasteiger partial charge < -0.3 is 9.80 Å². The first-order valence-electron chi connectivity index (χ1n) is 7.95. The summed E-state index contributed by atoms with van der Waals surface area (Å²) in [6, 6.07) is 7.37. The molecule has 25 heavy (non-hydrogen) atoms. The highest BCUT2D eigenvalue weighted by Gasteiger charge is 2.22. The average molecular weight is 397 g/mol. The number of piperazine rings is 1. The van der Waals surface area contributed by atoms with Crippen molar-refractivity contribution in [3.63, 3.8) is 0 Å². The summed E-state index contributed by atoms with van der Waals surface area (Å²) in [5, 5.41) is 1.09. The second-order valence-electron chi connectivity index (χ2n) is 5.66. The van der Waals surface area contributed by atoms with Crippen molar-refractivity contribution in [1.29, 1.82) is 0 Å². The van der Waals surface area contributed by atoms with Crippen LogP contribution in [0.1, 0.15) is 5.56 Å². The summed E-state index contributed by atoms with van der Waals surface area (Å²) in [6.45, 7) is 2.91. The normalized spacial score (nSPS) is 14.6. The molecule has 0 unspecified atom stereocenters. The number of benzene rings is 1. The van der Waals surface area contributed by atoms with E-state index < -0.39 is 0 Å². The van der Waals surface area contributed by atoms with E-state index >= 15 is 0 Å². The zero-order chi connectivity index (χ0) is 17.6. The number of amides is 1. The third-order valence-electron chi connectivity index (χ3n) is 3.95. The Bertz CT molecular complexity index is 724. The summed E-state index contributed by atoms with van der Waals surface area (Å²) < 4.78 is 0. The van der Waals surface area contributed by atoms with E-state index in [-0.39, 0.29) is 5.91 Å². The third kappa shape index (κ3) is 5.00. The minimum Gasteiger partial charge on any atom is -0.338 e. The molecule has 1 saturated heterocycles. The quantitative estimate of drug-likeness (QED) is 0.775. The van der Waals surface area contributed by atoms with E-state index in [9.17, 15) is 4.79 Å². The van der Waals surface area contributed by atoms with Crippen LogP contribution in [0, 0.1) is 0 Å². The number of anilines is 1. The van der Waals surface area contributed by atoms with Crippen molar-refractivity contribution in [3.05, 3.63) is 52.3 Å². The second kappa shape index (κ2) is 8.74. The van der Waals surface area contributed by atoms with Crippen molar-refractivity contribution in [2.75, 3.05) is 36.8 Å². The summed E-state index contributed by atoms with van der Waals surface area (Å²) in [5.41, 5.74) is 1.07. The highest BCUT2D eigenvalue weighted by Crippen LogP contribution is 2.24. The molecular formula is C17H18Cl2N4OS. The summed E-state index contributed by atoms with van der Waals surface area (Å²) in [7, 11) is 0. The molecule has 0 bridgehead atoms. The van der Waals surface area contributed by atoms with Crippen molar-refractivity contribution in [1.82, 2.24) is 14.9 Å². The Morgan fingerprint density at radius 2 is 1.80 bits per heavy atom. The van der Waals surface area contributed by atoms with Crippen LogP contribution in [-0.2, 0) is 10.5 Å². The Labute approximate surface area is 161 Å². The maximum absolute atomic E-state index is 12.4. The summed E-state index contributed by atoms with van der Waals surface area (Å²) >= 11 is 13.5. The summed E-state index contributed by atoms with van der Waals surface area (Å²) in [6.07, 6.45) is 3.47. The molecule has 1 amide bonds. The number of carbonyl (C=O) groups is 1. The molecule has 1 fully saturated rings. The minimum absolute atomic E-state index is 0.165. The van der Waals surface area contributed by atoms with Crippen LogP contribution in [0.25, 0.3) is 0 Å². The van der Waals surface area contributed by atoms with Gasteiger partial charge >= 0.3 is 0 Å². The van der Waals surface area contributed by atoms with Crippen LogP contribution in [-0.4, -0.2) is 52.7 Å². The van der Waals surface area contributed by atoms with Crippen molar-refractivity contribution in [3.8, 4) is 0 Å². The largest absolute Gasteiger partial charge is 0.338 e. The summed E-state index contributed by atoms with van der Waals surface area (Å²) in [4.78, 5) is 24.9. The van der Waals surface area contributed by atoms with Gasteiger partial charge in [-0.25, -0.2) is 9.97 Å². The first-order chi connectivity index (χ1) is 12.1.